The second-order valence-electron chi connectivity index (χ2n) is 2.50. The summed E-state index contributed by atoms with van der Waals surface area (Å²) in [7, 11) is 0. The number of carboxylic acid groups (broad SMARTS) is 1. The highest BCUT2D eigenvalue weighted by Gasteiger charge is 2.32. The Hall–Kier alpha value is -1.71. The van der Waals surface area contributed by atoms with E-state index in [2.05, 4.69) is 9.97 Å². The van der Waals surface area contributed by atoms with E-state index in [9.17, 15) is 18.0 Å². The van der Waals surface area contributed by atoms with Crippen LogP contribution in [0.2, 0.25) is 0 Å². The van der Waals surface area contributed by atoms with E-state index in [1.54, 1.807) is 0 Å². The lowest BCUT2D eigenvalue weighted by Crippen LogP contribution is -2.12. The van der Waals surface area contributed by atoms with Gasteiger partial charge < -0.3 is 16.6 Å². The molecule has 0 saturated heterocycles. The van der Waals surface area contributed by atoms with Gasteiger partial charge in [0.1, 0.15) is 5.03 Å². The number of aromatic nitrogens is 2. The molecule has 0 amide bonds. The number of anilines is 2. The van der Waals surface area contributed by atoms with E-state index in [1.165, 1.54) is 0 Å². The zero-order valence-electron chi connectivity index (χ0n) is 7.45. The summed E-state index contributed by atoms with van der Waals surface area (Å²) >= 11 is -0.650. The van der Waals surface area contributed by atoms with E-state index in [1.807, 2.05) is 0 Å². The molecule has 0 atom stereocenters. The molecule has 0 aromatic carbocycles. The summed E-state index contributed by atoms with van der Waals surface area (Å²) in [4.78, 5) is 17.0. The molecule has 6 nitrogen and oxygen atoms in total. The molecule has 1 heterocycles. The monoisotopic (exact) mass is 254 g/mol. The van der Waals surface area contributed by atoms with Gasteiger partial charge in [0, 0.05) is 11.8 Å². The van der Waals surface area contributed by atoms with Crippen molar-refractivity contribution < 1.29 is 23.1 Å². The van der Waals surface area contributed by atoms with Gasteiger partial charge in [0.05, 0.1) is 0 Å². The van der Waals surface area contributed by atoms with Crippen molar-refractivity contribution in [3.05, 3.63) is 5.69 Å². The summed E-state index contributed by atoms with van der Waals surface area (Å²) in [5, 5.41) is 7.83. The van der Waals surface area contributed by atoms with Gasteiger partial charge in [0.2, 0.25) is 0 Å². The minimum atomic E-state index is -4.63. The molecule has 0 saturated carbocycles. The first-order chi connectivity index (χ1) is 7.20. The fourth-order valence-electron chi connectivity index (χ4n) is 0.789. The normalized spacial score (nSPS) is 11.4. The van der Waals surface area contributed by atoms with E-state index in [4.69, 9.17) is 16.6 Å². The van der Waals surface area contributed by atoms with Crippen molar-refractivity contribution in [1.82, 2.24) is 9.97 Å². The molecule has 1 rings (SSSR count). The third-order valence-corrected chi connectivity index (χ3v) is 2.06. The smallest absolute Gasteiger partial charge is 0.447 e. The number of nitrogens with zero attached hydrogens (tertiary/aromatic N) is 2. The Morgan fingerprint density at radius 1 is 1.25 bits per heavy atom. The quantitative estimate of drug-likeness (QED) is 0.673. The molecule has 1 aromatic rings. The average molecular weight is 254 g/mol. The summed E-state index contributed by atoms with van der Waals surface area (Å²) in [6, 6.07) is 0. The second-order valence-corrected chi connectivity index (χ2v) is 3.55. The first-order valence-electron chi connectivity index (χ1n) is 3.62. The third-order valence-electron chi connectivity index (χ3n) is 1.33. The highest BCUT2D eigenvalue weighted by atomic mass is 32.2. The number of hydrogen-bond donors (Lipinski definition) is 3. The van der Waals surface area contributed by atoms with Crippen molar-refractivity contribution in [2.75, 3.05) is 11.5 Å². The largest absolute Gasteiger partial charge is 0.476 e. The Morgan fingerprint density at radius 2 is 1.81 bits per heavy atom. The van der Waals surface area contributed by atoms with Gasteiger partial charge in [-0.15, -0.1) is 0 Å². The third kappa shape index (κ3) is 2.89. The van der Waals surface area contributed by atoms with E-state index >= 15 is 0 Å². The lowest BCUT2D eigenvalue weighted by molar-refractivity contribution is -0.0329. The van der Waals surface area contributed by atoms with Gasteiger partial charge in [-0.05, 0) is 0 Å². The van der Waals surface area contributed by atoms with Gasteiger partial charge in [0.25, 0.3) is 0 Å². The topological polar surface area (TPSA) is 115 Å². The standard InChI is InChI=1S/C6H5F3N4O2S/c7-6(8,9)16-4-3(11)13-2(10)1(12-4)5(14)15/h(H,14,15)(H4,10,11,13). The summed E-state index contributed by atoms with van der Waals surface area (Å²) in [5.41, 5.74) is 4.87. The number of nitrogens with two attached hydrogens (primary N) is 2. The van der Waals surface area contributed by atoms with Gasteiger partial charge in [-0.1, -0.05) is 0 Å². The minimum Gasteiger partial charge on any atom is -0.476 e. The Morgan fingerprint density at radius 3 is 2.25 bits per heavy atom. The summed E-state index contributed by atoms with van der Waals surface area (Å²) in [6.45, 7) is 0. The van der Waals surface area contributed by atoms with Crippen molar-refractivity contribution in [3.8, 4) is 0 Å². The Kier molecular flexibility index (Phi) is 3.12. The zero-order chi connectivity index (χ0) is 12.5. The van der Waals surface area contributed by atoms with E-state index < -0.39 is 45.6 Å². The molecule has 1 aromatic heterocycles. The van der Waals surface area contributed by atoms with Crippen LogP contribution in [0.5, 0.6) is 0 Å². The lowest BCUT2D eigenvalue weighted by atomic mass is 10.4. The van der Waals surface area contributed by atoms with Crippen LogP contribution < -0.4 is 11.5 Å². The van der Waals surface area contributed by atoms with E-state index in [-0.39, 0.29) is 0 Å². The van der Waals surface area contributed by atoms with Crippen molar-refractivity contribution in [3.63, 3.8) is 0 Å². The molecular weight excluding hydrogens is 249 g/mol. The highest BCUT2D eigenvalue weighted by molar-refractivity contribution is 8.00. The van der Waals surface area contributed by atoms with Crippen LogP contribution >= 0.6 is 11.8 Å². The van der Waals surface area contributed by atoms with Crippen LogP contribution in [-0.4, -0.2) is 26.6 Å². The van der Waals surface area contributed by atoms with Gasteiger partial charge in [-0.2, -0.15) is 13.2 Å². The van der Waals surface area contributed by atoms with Crippen molar-refractivity contribution >= 4 is 29.4 Å². The second kappa shape index (κ2) is 4.04. The molecule has 0 aliphatic carbocycles. The minimum absolute atomic E-state index is 0.531. The predicted octanol–water partition coefficient (Wildman–Crippen LogP) is 0.951. The first kappa shape index (κ1) is 12.4. The lowest BCUT2D eigenvalue weighted by Gasteiger charge is -2.08. The number of thioether (sulfide) groups is 1. The molecule has 5 N–H and O–H groups in total. The molecule has 0 bridgehead atoms. The molecule has 0 fully saturated rings. The van der Waals surface area contributed by atoms with Gasteiger partial charge in [-0.25, -0.2) is 14.8 Å². The number of hydrogen-bond acceptors (Lipinski definition) is 6. The molecule has 0 aliphatic heterocycles. The van der Waals surface area contributed by atoms with Crippen LogP contribution in [0.1, 0.15) is 10.5 Å². The maximum absolute atomic E-state index is 12.0. The molecule has 88 valence electrons. The molecule has 0 radical (unpaired) electrons. The summed E-state index contributed by atoms with van der Waals surface area (Å²) in [6.07, 6.45) is 0. The van der Waals surface area contributed by atoms with Crippen LogP contribution in [0.4, 0.5) is 24.8 Å². The summed E-state index contributed by atoms with van der Waals surface area (Å²) < 4.78 is 36.0. The molecule has 0 spiro atoms. The van der Waals surface area contributed by atoms with Gasteiger partial charge in [0.15, 0.2) is 17.3 Å². The van der Waals surface area contributed by atoms with Crippen molar-refractivity contribution in [2.45, 2.75) is 10.5 Å². The Labute approximate surface area is 90.9 Å². The predicted molar refractivity (Wildman–Crippen MR) is 49.7 cm³/mol. The van der Waals surface area contributed by atoms with Crippen LogP contribution in [0.15, 0.2) is 5.03 Å². The number of nitrogen functional groups attached to an aromatic ring is 2. The van der Waals surface area contributed by atoms with Crippen LogP contribution in [-0.2, 0) is 0 Å². The molecule has 16 heavy (non-hydrogen) atoms. The number of halogens is 3. The fourth-order valence-corrected chi connectivity index (χ4v) is 1.30. The molecular formula is C6H5F3N4O2S. The number of alkyl halides is 3. The number of aromatic carboxylic acids is 1. The fraction of sp³-hybridized carbons (Fsp3) is 0.167. The van der Waals surface area contributed by atoms with Gasteiger partial charge >= 0.3 is 11.5 Å². The SMILES string of the molecule is Nc1nc(N)c(C(=O)O)nc1SC(F)(F)F. The number of carbonyl (C=O) groups is 1. The van der Waals surface area contributed by atoms with Crippen LogP contribution in [0.3, 0.4) is 0 Å². The average Bonchev–Trinajstić information content (AvgIpc) is 2.07. The molecule has 0 unspecified atom stereocenters. The molecule has 10 heteroatoms. The van der Waals surface area contributed by atoms with Crippen LogP contribution in [0, 0.1) is 0 Å². The number of rotatable bonds is 2. The van der Waals surface area contributed by atoms with Crippen LogP contribution in [0.25, 0.3) is 0 Å². The van der Waals surface area contributed by atoms with Gasteiger partial charge in [-0.3, -0.25) is 0 Å². The van der Waals surface area contributed by atoms with Crippen molar-refractivity contribution in [1.29, 1.82) is 0 Å². The Balaban J connectivity index is 3.20. The molecule has 0 aliphatic rings. The van der Waals surface area contributed by atoms with E-state index in [0.29, 0.717) is 0 Å². The first-order valence-corrected chi connectivity index (χ1v) is 4.44. The summed E-state index contributed by atoms with van der Waals surface area (Å²) in [5.74, 6) is -2.67. The maximum Gasteiger partial charge on any atom is 0.447 e. The Bertz CT molecular complexity index is 437. The number of carboxylic acids is 1. The maximum atomic E-state index is 12.0. The van der Waals surface area contributed by atoms with Crippen molar-refractivity contribution in [2.24, 2.45) is 0 Å². The zero-order valence-corrected chi connectivity index (χ0v) is 8.26. The van der Waals surface area contributed by atoms with E-state index in [0.717, 1.165) is 0 Å². The highest BCUT2D eigenvalue weighted by Crippen LogP contribution is 2.38.